The van der Waals surface area contributed by atoms with Crippen molar-refractivity contribution in [2.75, 3.05) is 16.4 Å². The molecule has 1 heterocycles. The van der Waals surface area contributed by atoms with Gasteiger partial charge in [-0.2, -0.15) is 0 Å². The molecule has 2 amide bonds. The topological polar surface area (TPSA) is 80.0 Å². The number of halogens is 1. The number of aromatic nitrogens is 1. The standard InChI is InChI=1S/C12H11ClN4O/c13-11-10(2-1-7-15-11)17-12(18)16-9-5-3-8(14)4-6-9/h1-7H,14H2,(H2,16,17,18). The number of benzene rings is 1. The van der Waals surface area contributed by atoms with Crippen LogP contribution < -0.4 is 16.4 Å². The van der Waals surface area contributed by atoms with Gasteiger partial charge in [-0.25, -0.2) is 9.78 Å². The van der Waals surface area contributed by atoms with E-state index in [2.05, 4.69) is 15.6 Å². The van der Waals surface area contributed by atoms with Crippen molar-refractivity contribution in [3.05, 3.63) is 47.7 Å². The minimum atomic E-state index is -0.394. The number of hydrogen-bond donors (Lipinski definition) is 3. The van der Waals surface area contributed by atoms with Gasteiger partial charge in [0.15, 0.2) is 5.15 Å². The monoisotopic (exact) mass is 262 g/mol. The smallest absolute Gasteiger partial charge is 0.323 e. The molecule has 18 heavy (non-hydrogen) atoms. The van der Waals surface area contributed by atoms with Gasteiger partial charge in [0.2, 0.25) is 0 Å². The maximum Gasteiger partial charge on any atom is 0.323 e. The predicted octanol–water partition coefficient (Wildman–Crippen LogP) is 2.96. The Bertz CT molecular complexity index is 556. The summed E-state index contributed by atoms with van der Waals surface area (Å²) in [5.74, 6) is 0. The van der Waals surface area contributed by atoms with Crippen LogP contribution in [0, 0.1) is 0 Å². The zero-order chi connectivity index (χ0) is 13.0. The molecule has 5 nitrogen and oxygen atoms in total. The van der Waals surface area contributed by atoms with E-state index in [-0.39, 0.29) is 5.15 Å². The van der Waals surface area contributed by atoms with Crippen LogP contribution in [0.1, 0.15) is 0 Å². The lowest BCUT2D eigenvalue weighted by atomic mass is 10.3. The first kappa shape index (κ1) is 12.2. The summed E-state index contributed by atoms with van der Waals surface area (Å²) in [5.41, 5.74) is 7.27. The number of anilines is 3. The number of amides is 2. The molecule has 1 aromatic heterocycles. The van der Waals surface area contributed by atoms with Gasteiger partial charge in [0.05, 0.1) is 5.69 Å². The maximum absolute atomic E-state index is 11.7. The number of carbonyl (C=O) groups excluding carboxylic acids is 1. The van der Waals surface area contributed by atoms with Crippen LogP contribution >= 0.6 is 11.6 Å². The fraction of sp³-hybridized carbons (Fsp3) is 0. The van der Waals surface area contributed by atoms with Gasteiger partial charge in [-0.05, 0) is 36.4 Å². The van der Waals surface area contributed by atoms with Crippen molar-refractivity contribution < 1.29 is 4.79 Å². The summed E-state index contributed by atoms with van der Waals surface area (Å²) < 4.78 is 0. The van der Waals surface area contributed by atoms with Crippen LogP contribution in [0.2, 0.25) is 5.15 Å². The molecule has 0 saturated heterocycles. The molecule has 2 aromatic rings. The average Bonchev–Trinajstić information content (AvgIpc) is 2.35. The Morgan fingerprint density at radius 2 is 1.89 bits per heavy atom. The summed E-state index contributed by atoms with van der Waals surface area (Å²) in [7, 11) is 0. The van der Waals surface area contributed by atoms with Crippen molar-refractivity contribution in [3.8, 4) is 0 Å². The molecular formula is C12H11ClN4O. The van der Waals surface area contributed by atoms with E-state index in [0.717, 1.165) is 0 Å². The molecule has 0 fully saturated rings. The van der Waals surface area contributed by atoms with Crippen LogP contribution in [-0.2, 0) is 0 Å². The minimum Gasteiger partial charge on any atom is -0.399 e. The number of carbonyl (C=O) groups is 1. The normalized spacial score (nSPS) is 9.83. The van der Waals surface area contributed by atoms with Crippen molar-refractivity contribution in [1.29, 1.82) is 0 Å². The van der Waals surface area contributed by atoms with Crippen LogP contribution in [0.3, 0.4) is 0 Å². The lowest BCUT2D eigenvalue weighted by molar-refractivity contribution is 0.262. The van der Waals surface area contributed by atoms with Gasteiger partial charge < -0.3 is 16.4 Å². The molecule has 6 heteroatoms. The first-order valence-electron chi connectivity index (χ1n) is 5.19. The van der Waals surface area contributed by atoms with Gasteiger partial charge in [0.1, 0.15) is 0 Å². The Morgan fingerprint density at radius 1 is 1.17 bits per heavy atom. The van der Waals surface area contributed by atoms with Crippen LogP contribution in [0.4, 0.5) is 21.9 Å². The second-order valence-corrected chi connectivity index (χ2v) is 3.90. The van der Waals surface area contributed by atoms with Crippen LogP contribution in [-0.4, -0.2) is 11.0 Å². The fourth-order valence-electron chi connectivity index (χ4n) is 1.33. The average molecular weight is 263 g/mol. The number of pyridine rings is 1. The van der Waals surface area contributed by atoms with E-state index in [9.17, 15) is 4.79 Å². The van der Waals surface area contributed by atoms with Gasteiger partial charge in [-0.3, -0.25) is 0 Å². The Morgan fingerprint density at radius 3 is 2.56 bits per heavy atom. The third kappa shape index (κ3) is 3.11. The lowest BCUT2D eigenvalue weighted by Gasteiger charge is -2.08. The fourth-order valence-corrected chi connectivity index (χ4v) is 1.50. The van der Waals surface area contributed by atoms with E-state index < -0.39 is 6.03 Å². The Balaban J connectivity index is 2.01. The molecule has 0 saturated carbocycles. The molecular weight excluding hydrogens is 252 g/mol. The summed E-state index contributed by atoms with van der Waals surface area (Å²) in [6.45, 7) is 0. The predicted molar refractivity (Wildman–Crippen MR) is 72.7 cm³/mol. The summed E-state index contributed by atoms with van der Waals surface area (Å²) in [6, 6.07) is 9.77. The molecule has 0 radical (unpaired) electrons. The minimum absolute atomic E-state index is 0.241. The molecule has 92 valence electrons. The highest BCUT2D eigenvalue weighted by atomic mass is 35.5. The Labute approximate surface area is 109 Å². The Kier molecular flexibility index (Phi) is 3.64. The molecule has 0 aliphatic heterocycles. The van der Waals surface area contributed by atoms with Crippen LogP contribution in [0.15, 0.2) is 42.6 Å². The van der Waals surface area contributed by atoms with E-state index in [1.54, 1.807) is 42.6 Å². The zero-order valence-electron chi connectivity index (χ0n) is 9.35. The number of urea groups is 1. The van der Waals surface area contributed by atoms with E-state index in [0.29, 0.717) is 17.1 Å². The maximum atomic E-state index is 11.7. The molecule has 0 atom stereocenters. The van der Waals surface area contributed by atoms with E-state index >= 15 is 0 Å². The second-order valence-electron chi connectivity index (χ2n) is 3.54. The second kappa shape index (κ2) is 5.37. The first-order valence-corrected chi connectivity index (χ1v) is 5.57. The van der Waals surface area contributed by atoms with Crippen molar-refractivity contribution >= 4 is 34.7 Å². The number of nitrogens with two attached hydrogens (primary N) is 1. The molecule has 0 unspecified atom stereocenters. The van der Waals surface area contributed by atoms with Gasteiger partial charge in [0, 0.05) is 17.6 Å². The first-order chi connectivity index (χ1) is 8.65. The van der Waals surface area contributed by atoms with Crippen molar-refractivity contribution in [3.63, 3.8) is 0 Å². The number of nitrogens with zero attached hydrogens (tertiary/aromatic N) is 1. The van der Waals surface area contributed by atoms with Crippen LogP contribution in [0.5, 0.6) is 0 Å². The molecule has 0 aliphatic carbocycles. The quantitative estimate of drug-likeness (QED) is 0.575. The molecule has 4 N–H and O–H groups in total. The number of nitrogen functional groups attached to an aromatic ring is 1. The summed E-state index contributed by atoms with van der Waals surface area (Å²) in [4.78, 5) is 15.5. The van der Waals surface area contributed by atoms with Crippen LogP contribution in [0.25, 0.3) is 0 Å². The number of nitrogens with one attached hydrogen (secondary N) is 2. The third-order valence-corrected chi connectivity index (χ3v) is 2.48. The highest BCUT2D eigenvalue weighted by Gasteiger charge is 2.05. The highest BCUT2D eigenvalue weighted by Crippen LogP contribution is 2.18. The molecule has 2 rings (SSSR count). The van der Waals surface area contributed by atoms with E-state index in [4.69, 9.17) is 17.3 Å². The van der Waals surface area contributed by atoms with E-state index in [1.165, 1.54) is 0 Å². The Hall–Kier alpha value is -2.27. The van der Waals surface area contributed by atoms with Crippen molar-refractivity contribution in [1.82, 2.24) is 4.98 Å². The summed E-state index contributed by atoms with van der Waals surface area (Å²) in [6.07, 6.45) is 1.55. The van der Waals surface area contributed by atoms with Gasteiger partial charge in [-0.15, -0.1) is 0 Å². The van der Waals surface area contributed by atoms with Crippen molar-refractivity contribution in [2.45, 2.75) is 0 Å². The zero-order valence-corrected chi connectivity index (χ0v) is 10.1. The SMILES string of the molecule is Nc1ccc(NC(=O)Nc2cccnc2Cl)cc1. The largest absolute Gasteiger partial charge is 0.399 e. The van der Waals surface area contributed by atoms with E-state index in [1.807, 2.05) is 0 Å². The number of rotatable bonds is 2. The molecule has 0 bridgehead atoms. The lowest BCUT2D eigenvalue weighted by Crippen LogP contribution is -2.19. The summed E-state index contributed by atoms with van der Waals surface area (Å²) >= 11 is 5.82. The van der Waals surface area contributed by atoms with Gasteiger partial charge in [0.25, 0.3) is 0 Å². The number of hydrogen-bond acceptors (Lipinski definition) is 3. The molecule has 0 spiro atoms. The highest BCUT2D eigenvalue weighted by molar-refractivity contribution is 6.32. The summed E-state index contributed by atoms with van der Waals surface area (Å²) in [5, 5.41) is 5.49. The van der Waals surface area contributed by atoms with Gasteiger partial charge in [-0.1, -0.05) is 11.6 Å². The van der Waals surface area contributed by atoms with Gasteiger partial charge >= 0.3 is 6.03 Å². The molecule has 1 aromatic carbocycles. The third-order valence-electron chi connectivity index (χ3n) is 2.18. The molecule has 0 aliphatic rings. The van der Waals surface area contributed by atoms with Crippen molar-refractivity contribution in [2.24, 2.45) is 0 Å².